The molecule has 0 radical (unpaired) electrons. The summed E-state index contributed by atoms with van der Waals surface area (Å²) >= 11 is 0. The Morgan fingerprint density at radius 1 is 1.28 bits per heavy atom. The number of amides is 1. The molecule has 0 heterocycles. The third-order valence-electron chi connectivity index (χ3n) is 2.08. The first kappa shape index (κ1) is 13.8. The first-order chi connectivity index (χ1) is 8.58. The van der Waals surface area contributed by atoms with Gasteiger partial charge in [-0.2, -0.15) is 0 Å². The third-order valence-corrected chi connectivity index (χ3v) is 2.08. The first-order valence-electron chi connectivity index (χ1n) is 5.42. The molecule has 1 aromatic rings. The predicted molar refractivity (Wildman–Crippen MR) is 64.1 cm³/mol. The molecule has 1 aromatic carbocycles. The van der Waals surface area contributed by atoms with Gasteiger partial charge in [0.2, 0.25) is 0 Å². The molecule has 6 heteroatoms. The number of rotatable bonds is 6. The van der Waals surface area contributed by atoms with Gasteiger partial charge in [0.25, 0.3) is 5.91 Å². The summed E-state index contributed by atoms with van der Waals surface area (Å²) in [5.41, 5.74) is 0.420. The maximum absolute atomic E-state index is 11.4. The largest absolute Gasteiger partial charge is 0.490 e. The van der Waals surface area contributed by atoms with Gasteiger partial charge in [0.1, 0.15) is 0 Å². The molecule has 2 N–H and O–H groups in total. The zero-order valence-corrected chi connectivity index (χ0v) is 10.2. The van der Waals surface area contributed by atoms with Crippen LogP contribution in [0.2, 0.25) is 0 Å². The number of hydrogen-bond donors (Lipinski definition) is 2. The summed E-state index contributed by atoms with van der Waals surface area (Å²) in [6.07, 6.45) is 0. The minimum atomic E-state index is -1.08. The Morgan fingerprint density at radius 3 is 2.56 bits per heavy atom. The van der Waals surface area contributed by atoms with Crippen LogP contribution in [0.15, 0.2) is 18.2 Å². The standard InChI is InChI=1S/C12H15NO5/c1-3-17-10-6-8(12(16)13-2)4-5-9(10)18-7-11(14)15/h4-6H,3,7H2,1-2H3,(H,13,16)(H,14,15). The van der Waals surface area contributed by atoms with Crippen molar-refractivity contribution in [3.05, 3.63) is 23.8 Å². The second-order valence-electron chi connectivity index (χ2n) is 3.36. The number of carboxylic acid groups (broad SMARTS) is 1. The van der Waals surface area contributed by atoms with Crippen LogP contribution in [0.3, 0.4) is 0 Å². The molecule has 0 atom stereocenters. The Kier molecular flexibility index (Phi) is 4.98. The number of ether oxygens (including phenoxy) is 2. The highest BCUT2D eigenvalue weighted by molar-refractivity contribution is 5.94. The highest BCUT2D eigenvalue weighted by Gasteiger charge is 2.11. The van der Waals surface area contributed by atoms with E-state index >= 15 is 0 Å². The van der Waals surface area contributed by atoms with Crippen molar-refractivity contribution in [1.82, 2.24) is 5.32 Å². The second kappa shape index (κ2) is 6.48. The number of carboxylic acids is 1. The van der Waals surface area contributed by atoms with Crippen molar-refractivity contribution in [1.29, 1.82) is 0 Å². The quantitative estimate of drug-likeness (QED) is 0.787. The van der Waals surface area contributed by atoms with Crippen LogP contribution in [0.1, 0.15) is 17.3 Å². The molecule has 98 valence electrons. The van der Waals surface area contributed by atoms with Crippen molar-refractivity contribution in [2.75, 3.05) is 20.3 Å². The van der Waals surface area contributed by atoms with Crippen molar-refractivity contribution in [3.8, 4) is 11.5 Å². The molecule has 0 aromatic heterocycles. The molecule has 0 spiro atoms. The van der Waals surface area contributed by atoms with E-state index in [0.717, 1.165) is 0 Å². The molecular weight excluding hydrogens is 238 g/mol. The Morgan fingerprint density at radius 2 is 2.00 bits per heavy atom. The molecule has 0 aliphatic rings. The van der Waals surface area contributed by atoms with Crippen LogP contribution in [0, 0.1) is 0 Å². The number of carbonyl (C=O) groups is 2. The van der Waals surface area contributed by atoms with Gasteiger partial charge in [-0.15, -0.1) is 0 Å². The van der Waals surface area contributed by atoms with Gasteiger partial charge in [0, 0.05) is 12.6 Å². The van der Waals surface area contributed by atoms with E-state index in [-0.39, 0.29) is 5.91 Å². The van der Waals surface area contributed by atoms with Gasteiger partial charge in [-0.3, -0.25) is 4.79 Å². The van der Waals surface area contributed by atoms with E-state index in [9.17, 15) is 9.59 Å². The van der Waals surface area contributed by atoms with Crippen molar-refractivity contribution in [2.45, 2.75) is 6.92 Å². The lowest BCUT2D eigenvalue weighted by molar-refractivity contribution is -0.139. The molecule has 1 amide bonds. The molecule has 18 heavy (non-hydrogen) atoms. The van der Waals surface area contributed by atoms with Crippen LogP contribution in [0.25, 0.3) is 0 Å². The number of nitrogens with one attached hydrogen (secondary N) is 1. The molecule has 0 unspecified atom stereocenters. The summed E-state index contributed by atoms with van der Waals surface area (Å²) in [7, 11) is 1.53. The molecule has 0 fully saturated rings. The maximum atomic E-state index is 11.4. The molecular formula is C12H15NO5. The average molecular weight is 253 g/mol. The maximum Gasteiger partial charge on any atom is 0.341 e. The Labute approximate surface area is 105 Å². The second-order valence-corrected chi connectivity index (χ2v) is 3.36. The van der Waals surface area contributed by atoms with Gasteiger partial charge in [0.05, 0.1) is 6.61 Å². The van der Waals surface area contributed by atoms with Gasteiger partial charge in [-0.25, -0.2) is 4.79 Å². The van der Waals surface area contributed by atoms with E-state index in [1.807, 2.05) is 0 Å². The summed E-state index contributed by atoms with van der Waals surface area (Å²) in [6, 6.07) is 4.57. The zero-order chi connectivity index (χ0) is 13.5. The minimum absolute atomic E-state index is 0.249. The highest BCUT2D eigenvalue weighted by Crippen LogP contribution is 2.28. The Hall–Kier alpha value is -2.24. The van der Waals surface area contributed by atoms with E-state index in [1.165, 1.54) is 19.2 Å². The van der Waals surface area contributed by atoms with E-state index in [2.05, 4.69) is 5.32 Å². The Balaban J connectivity index is 2.96. The van der Waals surface area contributed by atoms with E-state index < -0.39 is 12.6 Å². The van der Waals surface area contributed by atoms with Gasteiger partial charge in [-0.05, 0) is 25.1 Å². The molecule has 0 aliphatic carbocycles. The monoisotopic (exact) mass is 253 g/mol. The van der Waals surface area contributed by atoms with Crippen LogP contribution in [-0.2, 0) is 4.79 Å². The average Bonchev–Trinajstić information content (AvgIpc) is 2.36. The zero-order valence-electron chi connectivity index (χ0n) is 10.2. The van der Waals surface area contributed by atoms with E-state index in [0.29, 0.717) is 23.7 Å². The fourth-order valence-electron chi connectivity index (χ4n) is 1.32. The number of hydrogen-bond acceptors (Lipinski definition) is 4. The highest BCUT2D eigenvalue weighted by atomic mass is 16.5. The van der Waals surface area contributed by atoms with Gasteiger partial charge in [0.15, 0.2) is 18.1 Å². The van der Waals surface area contributed by atoms with Gasteiger partial charge < -0.3 is 19.9 Å². The molecule has 0 bridgehead atoms. The normalized spacial score (nSPS) is 9.67. The summed E-state index contributed by atoms with van der Waals surface area (Å²) in [5, 5.41) is 11.0. The molecule has 0 saturated carbocycles. The topological polar surface area (TPSA) is 84.9 Å². The molecule has 0 aliphatic heterocycles. The van der Waals surface area contributed by atoms with Crippen LogP contribution in [-0.4, -0.2) is 37.2 Å². The fourth-order valence-corrected chi connectivity index (χ4v) is 1.32. The fraction of sp³-hybridized carbons (Fsp3) is 0.333. The number of benzene rings is 1. The SMILES string of the molecule is CCOc1cc(C(=O)NC)ccc1OCC(=O)O. The smallest absolute Gasteiger partial charge is 0.341 e. The van der Waals surface area contributed by atoms with Crippen molar-refractivity contribution < 1.29 is 24.2 Å². The van der Waals surface area contributed by atoms with Crippen molar-refractivity contribution in [3.63, 3.8) is 0 Å². The molecule has 0 saturated heterocycles. The summed E-state index contributed by atoms with van der Waals surface area (Å²) in [5.74, 6) is -0.680. The lowest BCUT2D eigenvalue weighted by atomic mass is 10.2. The third kappa shape index (κ3) is 3.65. The molecule has 1 rings (SSSR count). The lowest BCUT2D eigenvalue weighted by Gasteiger charge is -2.11. The van der Waals surface area contributed by atoms with Crippen molar-refractivity contribution in [2.24, 2.45) is 0 Å². The Bertz CT molecular complexity index is 444. The first-order valence-corrected chi connectivity index (χ1v) is 5.42. The van der Waals surface area contributed by atoms with Gasteiger partial charge >= 0.3 is 5.97 Å². The summed E-state index contributed by atoms with van der Waals surface area (Å²) in [6.45, 7) is 1.72. The van der Waals surface area contributed by atoms with Gasteiger partial charge in [-0.1, -0.05) is 0 Å². The predicted octanol–water partition coefficient (Wildman–Crippen LogP) is 0.908. The number of carbonyl (C=O) groups excluding carboxylic acids is 1. The number of aliphatic carboxylic acids is 1. The lowest BCUT2D eigenvalue weighted by Crippen LogP contribution is -2.18. The summed E-state index contributed by atoms with van der Waals surface area (Å²) in [4.78, 5) is 21.9. The minimum Gasteiger partial charge on any atom is -0.490 e. The molecule has 6 nitrogen and oxygen atoms in total. The van der Waals surface area contributed by atoms with Crippen LogP contribution in [0.4, 0.5) is 0 Å². The van der Waals surface area contributed by atoms with Crippen molar-refractivity contribution >= 4 is 11.9 Å². The van der Waals surface area contributed by atoms with Crippen LogP contribution in [0.5, 0.6) is 11.5 Å². The van der Waals surface area contributed by atoms with E-state index in [1.54, 1.807) is 13.0 Å². The van der Waals surface area contributed by atoms with Crippen LogP contribution < -0.4 is 14.8 Å². The summed E-state index contributed by atoms with van der Waals surface area (Å²) < 4.78 is 10.4. The van der Waals surface area contributed by atoms with Crippen LogP contribution >= 0.6 is 0 Å². The van der Waals surface area contributed by atoms with E-state index in [4.69, 9.17) is 14.6 Å².